The van der Waals surface area contributed by atoms with Crippen LogP contribution in [-0.2, 0) is 17.8 Å². The van der Waals surface area contributed by atoms with Gasteiger partial charge in [0.05, 0.1) is 17.6 Å². The number of ether oxygens (including phenoxy) is 1. The van der Waals surface area contributed by atoms with Crippen LogP contribution in [0.5, 0.6) is 0 Å². The molecule has 0 unspecified atom stereocenters. The molecule has 0 bridgehead atoms. The summed E-state index contributed by atoms with van der Waals surface area (Å²) in [5.74, 6) is 0. The maximum Gasteiger partial charge on any atom is 0.0948 e. The molecule has 1 fully saturated rings. The van der Waals surface area contributed by atoms with Crippen molar-refractivity contribution in [3.8, 4) is 0 Å². The van der Waals surface area contributed by atoms with Crippen molar-refractivity contribution in [1.29, 1.82) is 0 Å². The highest BCUT2D eigenvalue weighted by atomic mass is 16.5. The average Bonchev–Trinajstić information content (AvgIpc) is 2.78. The van der Waals surface area contributed by atoms with E-state index in [-0.39, 0.29) is 0 Å². The Bertz CT molecular complexity index is 359. The lowest BCUT2D eigenvalue weighted by molar-refractivity contribution is -0.0617. The number of hydrogen-bond acceptors (Lipinski definition) is 4. The number of aromatic nitrogens is 2. The summed E-state index contributed by atoms with van der Waals surface area (Å²) in [7, 11) is 0. The number of hydrogen-bond donors (Lipinski definition) is 2. The molecule has 1 aromatic rings. The molecule has 2 rings (SSSR count). The van der Waals surface area contributed by atoms with Crippen LogP contribution in [0, 0.1) is 0 Å². The van der Waals surface area contributed by atoms with Gasteiger partial charge in [0.1, 0.15) is 0 Å². The molecule has 1 aliphatic rings. The fourth-order valence-electron chi connectivity index (χ4n) is 2.29. The van der Waals surface area contributed by atoms with Crippen LogP contribution in [-0.4, -0.2) is 40.0 Å². The lowest BCUT2D eigenvalue weighted by Crippen LogP contribution is -2.44. The van der Waals surface area contributed by atoms with Gasteiger partial charge in [0, 0.05) is 51.9 Å². The van der Waals surface area contributed by atoms with Crippen molar-refractivity contribution in [3.05, 3.63) is 18.2 Å². The first-order valence-electron chi connectivity index (χ1n) is 6.73. The Morgan fingerprint density at radius 3 is 3.00 bits per heavy atom. The zero-order valence-electron chi connectivity index (χ0n) is 11.1. The van der Waals surface area contributed by atoms with Crippen molar-refractivity contribution in [1.82, 2.24) is 14.9 Å². The molecule has 0 amide bonds. The predicted octanol–water partition coefficient (Wildman–Crippen LogP) is 0.924. The zero-order chi connectivity index (χ0) is 12.8. The molecular formula is C13H23N3O2. The van der Waals surface area contributed by atoms with E-state index in [2.05, 4.69) is 21.8 Å². The molecule has 0 radical (unpaired) electrons. The van der Waals surface area contributed by atoms with Gasteiger partial charge in [-0.2, -0.15) is 0 Å². The highest BCUT2D eigenvalue weighted by Crippen LogP contribution is 2.19. The number of nitrogens with zero attached hydrogens (tertiary/aromatic N) is 2. The summed E-state index contributed by atoms with van der Waals surface area (Å²) < 4.78 is 7.42. The minimum Gasteiger partial charge on any atom is -0.388 e. The Hall–Kier alpha value is -0.910. The summed E-state index contributed by atoms with van der Waals surface area (Å²) in [5.41, 5.74) is 0.570. The first-order chi connectivity index (χ1) is 8.73. The van der Waals surface area contributed by atoms with Crippen molar-refractivity contribution in [2.45, 2.75) is 44.9 Å². The summed E-state index contributed by atoms with van der Waals surface area (Å²) in [6.45, 7) is 5.84. The third kappa shape index (κ3) is 3.54. The van der Waals surface area contributed by atoms with E-state index in [0.717, 1.165) is 19.5 Å². The van der Waals surface area contributed by atoms with Crippen molar-refractivity contribution in [3.63, 3.8) is 0 Å². The monoisotopic (exact) mass is 253 g/mol. The first-order valence-corrected chi connectivity index (χ1v) is 6.73. The minimum atomic E-state index is -0.603. The second kappa shape index (κ2) is 6.31. The molecule has 2 heterocycles. The van der Waals surface area contributed by atoms with E-state index in [1.807, 2.05) is 12.5 Å². The van der Waals surface area contributed by atoms with Crippen LogP contribution in [0.3, 0.4) is 0 Å². The largest absolute Gasteiger partial charge is 0.388 e. The molecule has 0 aromatic carbocycles. The normalized spacial score (nSPS) is 19.0. The predicted molar refractivity (Wildman–Crippen MR) is 69.2 cm³/mol. The number of aryl methyl sites for hydroxylation is 1. The highest BCUT2D eigenvalue weighted by molar-refractivity contribution is 4.98. The quantitative estimate of drug-likeness (QED) is 0.791. The summed E-state index contributed by atoms with van der Waals surface area (Å²) in [5, 5.41) is 13.6. The fourth-order valence-corrected chi connectivity index (χ4v) is 2.29. The number of imidazole rings is 1. The van der Waals surface area contributed by atoms with Crippen LogP contribution >= 0.6 is 0 Å². The molecule has 5 heteroatoms. The van der Waals surface area contributed by atoms with Crippen LogP contribution in [0.1, 0.15) is 31.9 Å². The van der Waals surface area contributed by atoms with Gasteiger partial charge in [0.25, 0.3) is 0 Å². The van der Waals surface area contributed by atoms with Crippen LogP contribution in [0.4, 0.5) is 0 Å². The third-order valence-corrected chi connectivity index (χ3v) is 3.45. The van der Waals surface area contributed by atoms with Crippen molar-refractivity contribution in [2.75, 3.05) is 19.8 Å². The van der Waals surface area contributed by atoms with Gasteiger partial charge in [-0.15, -0.1) is 0 Å². The van der Waals surface area contributed by atoms with Gasteiger partial charge in [-0.1, -0.05) is 6.92 Å². The Balaban J connectivity index is 1.78. The molecule has 102 valence electrons. The van der Waals surface area contributed by atoms with Gasteiger partial charge in [-0.05, 0) is 6.42 Å². The Morgan fingerprint density at radius 1 is 1.50 bits per heavy atom. The van der Waals surface area contributed by atoms with E-state index in [1.165, 1.54) is 5.69 Å². The van der Waals surface area contributed by atoms with E-state index in [0.29, 0.717) is 32.6 Å². The fraction of sp³-hybridized carbons (Fsp3) is 0.769. The van der Waals surface area contributed by atoms with E-state index >= 15 is 0 Å². The number of rotatable bonds is 6. The lowest BCUT2D eigenvalue weighted by atomic mass is 9.94. The molecule has 1 aliphatic heterocycles. The Morgan fingerprint density at radius 2 is 2.28 bits per heavy atom. The molecule has 2 N–H and O–H groups in total. The molecule has 1 saturated heterocycles. The van der Waals surface area contributed by atoms with E-state index in [1.54, 1.807) is 0 Å². The second-order valence-electron chi connectivity index (χ2n) is 5.02. The van der Waals surface area contributed by atoms with E-state index < -0.39 is 5.60 Å². The third-order valence-electron chi connectivity index (χ3n) is 3.45. The lowest BCUT2D eigenvalue weighted by Gasteiger charge is -2.32. The maximum atomic E-state index is 10.3. The van der Waals surface area contributed by atoms with Gasteiger partial charge in [-0.3, -0.25) is 0 Å². The molecule has 18 heavy (non-hydrogen) atoms. The standard InChI is InChI=1S/C13H23N3O2/c1-2-5-16-11-15-9-12(16)8-14-10-13(17)3-6-18-7-4-13/h9,11,14,17H,2-8,10H2,1H3. The van der Waals surface area contributed by atoms with Crippen LogP contribution in [0.2, 0.25) is 0 Å². The van der Waals surface area contributed by atoms with Gasteiger partial charge in [0.2, 0.25) is 0 Å². The zero-order valence-corrected chi connectivity index (χ0v) is 11.1. The van der Waals surface area contributed by atoms with Crippen molar-refractivity contribution >= 4 is 0 Å². The topological polar surface area (TPSA) is 59.3 Å². The molecule has 0 atom stereocenters. The van der Waals surface area contributed by atoms with Crippen molar-refractivity contribution < 1.29 is 9.84 Å². The van der Waals surface area contributed by atoms with E-state index in [9.17, 15) is 5.11 Å². The maximum absolute atomic E-state index is 10.3. The van der Waals surface area contributed by atoms with Crippen molar-refractivity contribution in [2.24, 2.45) is 0 Å². The minimum absolute atomic E-state index is 0.603. The molecule has 0 aliphatic carbocycles. The Kier molecular flexibility index (Phi) is 4.74. The molecule has 5 nitrogen and oxygen atoms in total. The second-order valence-corrected chi connectivity index (χ2v) is 5.02. The first kappa shape index (κ1) is 13.5. The van der Waals surface area contributed by atoms with Gasteiger partial charge >= 0.3 is 0 Å². The summed E-state index contributed by atoms with van der Waals surface area (Å²) >= 11 is 0. The molecule has 0 spiro atoms. The smallest absolute Gasteiger partial charge is 0.0948 e. The summed E-state index contributed by atoms with van der Waals surface area (Å²) in [6.07, 6.45) is 6.29. The van der Waals surface area contributed by atoms with Crippen LogP contribution < -0.4 is 5.32 Å². The Labute approximate surface area is 108 Å². The SMILES string of the molecule is CCCn1cncc1CNCC1(O)CCOCC1. The van der Waals surface area contributed by atoms with E-state index in [4.69, 9.17) is 4.74 Å². The van der Waals surface area contributed by atoms with Gasteiger partial charge in [0.15, 0.2) is 0 Å². The molecular weight excluding hydrogens is 230 g/mol. The molecule has 1 aromatic heterocycles. The average molecular weight is 253 g/mol. The summed E-state index contributed by atoms with van der Waals surface area (Å²) in [4.78, 5) is 4.16. The number of aliphatic hydroxyl groups is 1. The highest BCUT2D eigenvalue weighted by Gasteiger charge is 2.29. The van der Waals surface area contributed by atoms with Crippen LogP contribution in [0.15, 0.2) is 12.5 Å². The number of nitrogens with one attached hydrogen (secondary N) is 1. The van der Waals surface area contributed by atoms with Gasteiger partial charge in [-0.25, -0.2) is 4.98 Å². The summed E-state index contributed by atoms with van der Waals surface area (Å²) in [6, 6.07) is 0. The molecule has 0 saturated carbocycles. The van der Waals surface area contributed by atoms with Crippen LogP contribution in [0.25, 0.3) is 0 Å². The van der Waals surface area contributed by atoms with Gasteiger partial charge < -0.3 is 19.7 Å².